The summed E-state index contributed by atoms with van der Waals surface area (Å²) in [5.74, 6) is 0. The van der Waals surface area contributed by atoms with Crippen LogP contribution in [0.3, 0.4) is 0 Å². The Balaban J connectivity index is 2.01. The first kappa shape index (κ1) is 10.7. The van der Waals surface area contributed by atoms with Crippen molar-refractivity contribution < 1.29 is 0 Å². The first-order chi connectivity index (χ1) is 7.42. The maximum absolute atomic E-state index is 3.42. The van der Waals surface area contributed by atoms with Gasteiger partial charge in [-0.3, -0.25) is 4.90 Å². The number of nitrogens with one attached hydrogen (secondary N) is 1. The van der Waals surface area contributed by atoms with E-state index >= 15 is 0 Å². The molecule has 2 heteroatoms. The van der Waals surface area contributed by atoms with Gasteiger partial charge in [0.05, 0.1) is 0 Å². The minimum Gasteiger partial charge on any atom is -0.305 e. The fourth-order valence-corrected chi connectivity index (χ4v) is 2.32. The average molecular weight is 204 g/mol. The van der Waals surface area contributed by atoms with Gasteiger partial charge < -0.3 is 5.32 Å². The molecule has 0 radical (unpaired) electrons. The fourth-order valence-electron chi connectivity index (χ4n) is 2.32. The van der Waals surface area contributed by atoms with Gasteiger partial charge in [0.1, 0.15) is 0 Å². The molecule has 2 nitrogen and oxygen atoms in total. The first-order valence-corrected chi connectivity index (χ1v) is 5.91. The van der Waals surface area contributed by atoms with Crippen molar-refractivity contribution in [1.82, 2.24) is 10.2 Å². The van der Waals surface area contributed by atoms with Crippen LogP contribution in [0.25, 0.3) is 0 Å². The van der Waals surface area contributed by atoms with Gasteiger partial charge in [-0.2, -0.15) is 0 Å². The molecule has 1 heterocycles. The highest BCUT2D eigenvalue weighted by Gasteiger charge is 2.24. The van der Waals surface area contributed by atoms with Gasteiger partial charge in [0.15, 0.2) is 0 Å². The second-order valence-electron chi connectivity index (χ2n) is 4.14. The van der Waals surface area contributed by atoms with E-state index in [-0.39, 0.29) is 0 Å². The zero-order valence-electron chi connectivity index (χ0n) is 9.45. The van der Waals surface area contributed by atoms with Crippen molar-refractivity contribution in [1.29, 1.82) is 0 Å². The highest BCUT2D eigenvalue weighted by molar-refractivity contribution is 5.19. The molecule has 0 saturated carbocycles. The van der Waals surface area contributed by atoms with Crippen LogP contribution in [0.1, 0.15) is 31.4 Å². The fraction of sp³-hybridized carbons (Fsp3) is 0.538. The van der Waals surface area contributed by atoms with Crippen molar-refractivity contribution in [3.8, 4) is 0 Å². The predicted octanol–water partition coefficient (Wildman–Crippen LogP) is 2.39. The summed E-state index contributed by atoms with van der Waals surface area (Å²) < 4.78 is 0. The lowest BCUT2D eigenvalue weighted by Crippen LogP contribution is -2.33. The zero-order valence-corrected chi connectivity index (χ0v) is 9.45. The Morgan fingerprint density at radius 3 is 2.87 bits per heavy atom. The normalized spacial score (nSPS) is 22.1. The van der Waals surface area contributed by atoms with Crippen molar-refractivity contribution >= 4 is 0 Å². The maximum Gasteiger partial charge on any atom is 0.0486 e. The molecule has 0 bridgehead atoms. The second-order valence-corrected chi connectivity index (χ2v) is 4.14. The summed E-state index contributed by atoms with van der Waals surface area (Å²) in [4.78, 5) is 2.54. The van der Waals surface area contributed by atoms with E-state index in [4.69, 9.17) is 0 Å². The molecule has 0 aliphatic carbocycles. The van der Waals surface area contributed by atoms with Crippen molar-refractivity contribution in [2.45, 2.75) is 25.8 Å². The smallest absolute Gasteiger partial charge is 0.0486 e. The molecule has 1 aromatic carbocycles. The van der Waals surface area contributed by atoms with Gasteiger partial charge in [-0.05, 0) is 24.9 Å². The zero-order chi connectivity index (χ0) is 10.5. The Hall–Kier alpha value is -0.860. The third-order valence-corrected chi connectivity index (χ3v) is 3.11. The summed E-state index contributed by atoms with van der Waals surface area (Å²) in [6.07, 6.45) is 2.63. The first-order valence-electron chi connectivity index (χ1n) is 5.91. The monoisotopic (exact) mass is 204 g/mol. The molecule has 1 N–H and O–H groups in total. The Bertz CT molecular complexity index is 284. The average Bonchev–Trinajstić information content (AvgIpc) is 2.75. The summed E-state index contributed by atoms with van der Waals surface area (Å²) in [7, 11) is 0. The van der Waals surface area contributed by atoms with Crippen LogP contribution in [-0.4, -0.2) is 24.7 Å². The van der Waals surface area contributed by atoms with Crippen molar-refractivity contribution in [2.75, 3.05) is 19.8 Å². The lowest BCUT2D eigenvalue weighted by molar-refractivity contribution is 0.239. The van der Waals surface area contributed by atoms with Gasteiger partial charge in [-0.25, -0.2) is 0 Å². The highest BCUT2D eigenvalue weighted by atomic mass is 15.3. The van der Waals surface area contributed by atoms with Gasteiger partial charge in [0.2, 0.25) is 0 Å². The van der Waals surface area contributed by atoms with Crippen LogP contribution in [0.5, 0.6) is 0 Å². The van der Waals surface area contributed by atoms with E-state index in [2.05, 4.69) is 47.5 Å². The molecule has 1 atom stereocenters. The summed E-state index contributed by atoms with van der Waals surface area (Å²) in [6.45, 7) is 5.47. The Kier molecular flexibility index (Phi) is 3.75. The molecular formula is C13H20N2. The largest absolute Gasteiger partial charge is 0.305 e. The summed E-state index contributed by atoms with van der Waals surface area (Å²) in [5, 5.41) is 3.42. The number of nitrogens with zero attached hydrogens (tertiary/aromatic N) is 1. The quantitative estimate of drug-likeness (QED) is 0.810. The van der Waals surface area contributed by atoms with E-state index in [0.717, 1.165) is 13.2 Å². The van der Waals surface area contributed by atoms with Crippen molar-refractivity contribution in [3.05, 3.63) is 35.9 Å². The van der Waals surface area contributed by atoms with Crippen LogP contribution in [0.2, 0.25) is 0 Å². The third kappa shape index (κ3) is 2.58. The molecule has 0 spiro atoms. The van der Waals surface area contributed by atoms with E-state index in [1.54, 1.807) is 0 Å². The molecule has 1 fully saturated rings. The molecule has 82 valence electrons. The minimum absolute atomic E-state index is 0.630. The molecule has 2 rings (SSSR count). The topological polar surface area (TPSA) is 15.3 Å². The van der Waals surface area contributed by atoms with Gasteiger partial charge in [-0.1, -0.05) is 37.3 Å². The Morgan fingerprint density at radius 1 is 1.33 bits per heavy atom. The number of benzene rings is 1. The van der Waals surface area contributed by atoms with Crippen LogP contribution in [0, 0.1) is 0 Å². The van der Waals surface area contributed by atoms with Gasteiger partial charge in [0.25, 0.3) is 0 Å². The SMILES string of the molecule is CCNCN1CCC[C@@H]1c1ccccc1. The van der Waals surface area contributed by atoms with E-state index < -0.39 is 0 Å². The van der Waals surface area contributed by atoms with E-state index in [1.807, 2.05) is 0 Å². The summed E-state index contributed by atoms with van der Waals surface area (Å²) in [6, 6.07) is 11.5. The number of rotatable bonds is 4. The molecule has 0 unspecified atom stereocenters. The molecule has 0 amide bonds. The van der Waals surface area contributed by atoms with Crippen LogP contribution in [0.4, 0.5) is 0 Å². The molecule has 1 aliphatic rings. The van der Waals surface area contributed by atoms with Crippen LogP contribution < -0.4 is 5.32 Å². The van der Waals surface area contributed by atoms with Gasteiger partial charge in [0, 0.05) is 19.3 Å². The van der Waals surface area contributed by atoms with Gasteiger partial charge in [-0.15, -0.1) is 0 Å². The molecule has 1 saturated heterocycles. The molecule has 1 aliphatic heterocycles. The van der Waals surface area contributed by atoms with Crippen LogP contribution in [-0.2, 0) is 0 Å². The standard InChI is InChI=1S/C13H20N2/c1-2-14-11-15-10-6-9-13(15)12-7-4-3-5-8-12/h3-5,7-8,13-14H,2,6,9-11H2,1H3/t13-/m1/s1. The Morgan fingerprint density at radius 2 is 2.13 bits per heavy atom. The highest BCUT2D eigenvalue weighted by Crippen LogP contribution is 2.30. The molecule has 1 aromatic rings. The van der Waals surface area contributed by atoms with E-state index in [0.29, 0.717) is 6.04 Å². The predicted molar refractivity (Wildman–Crippen MR) is 63.7 cm³/mol. The molecule has 15 heavy (non-hydrogen) atoms. The Labute approximate surface area is 92.3 Å². The van der Waals surface area contributed by atoms with Crippen molar-refractivity contribution in [3.63, 3.8) is 0 Å². The molecular weight excluding hydrogens is 184 g/mol. The van der Waals surface area contributed by atoms with Crippen LogP contribution in [0.15, 0.2) is 30.3 Å². The lowest BCUT2D eigenvalue weighted by atomic mass is 10.1. The van der Waals surface area contributed by atoms with E-state index in [9.17, 15) is 0 Å². The second kappa shape index (κ2) is 5.29. The third-order valence-electron chi connectivity index (χ3n) is 3.11. The van der Waals surface area contributed by atoms with Gasteiger partial charge >= 0.3 is 0 Å². The number of likely N-dealkylation sites (tertiary alicyclic amines) is 1. The number of hydrogen-bond donors (Lipinski definition) is 1. The number of hydrogen-bond acceptors (Lipinski definition) is 2. The minimum atomic E-state index is 0.630. The van der Waals surface area contributed by atoms with Crippen LogP contribution >= 0.6 is 0 Å². The maximum atomic E-state index is 3.42. The summed E-state index contributed by atoms with van der Waals surface area (Å²) in [5.41, 5.74) is 1.47. The van der Waals surface area contributed by atoms with Crippen molar-refractivity contribution in [2.24, 2.45) is 0 Å². The molecule has 0 aromatic heterocycles. The lowest BCUT2D eigenvalue weighted by Gasteiger charge is -2.24. The van der Waals surface area contributed by atoms with E-state index in [1.165, 1.54) is 24.9 Å². The summed E-state index contributed by atoms with van der Waals surface area (Å²) >= 11 is 0.